The number of hydrogen-bond donors (Lipinski definition) is 0. The number of pyridine rings is 2. The molecule has 8 heteroatoms. The van der Waals surface area contributed by atoms with E-state index < -0.39 is 0 Å². The van der Waals surface area contributed by atoms with Crippen molar-refractivity contribution in [3.05, 3.63) is 144 Å². The van der Waals surface area contributed by atoms with Gasteiger partial charge < -0.3 is 13.7 Å². The van der Waals surface area contributed by atoms with E-state index in [1.807, 2.05) is 60.8 Å². The van der Waals surface area contributed by atoms with Crippen molar-refractivity contribution in [3.8, 4) is 28.7 Å². The van der Waals surface area contributed by atoms with Gasteiger partial charge in [-0.1, -0.05) is 104 Å². The summed E-state index contributed by atoms with van der Waals surface area (Å²) in [5.41, 5.74) is 7.10. The molecule has 0 saturated heterocycles. The summed E-state index contributed by atoms with van der Waals surface area (Å²) in [6, 6.07) is 41.5. The fourth-order valence-electron chi connectivity index (χ4n) is 6.98. The van der Waals surface area contributed by atoms with E-state index in [-0.39, 0.29) is 26.5 Å². The number of ether oxygens (including phenoxy) is 1. The summed E-state index contributed by atoms with van der Waals surface area (Å²) in [7, 11) is 0. The zero-order valence-corrected chi connectivity index (χ0v) is 30.6. The Bertz CT molecular complexity index is 2870. The van der Waals surface area contributed by atoms with Crippen molar-refractivity contribution < 1.29 is 25.8 Å². The maximum atomic E-state index is 8.20. The summed E-state index contributed by atoms with van der Waals surface area (Å²) in [6.07, 6.45) is 1.87. The molecule has 0 amide bonds. The van der Waals surface area contributed by atoms with E-state index in [0.717, 1.165) is 60.9 Å². The molecule has 248 valence electrons. The van der Waals surface area contributed by atoms with Gasteiger partial charge in [-0.2, -0.15) is 11.2 Å². The minimum absolute atomic E-state index is 0. The predicted octanol–water partition coefficient (Wildman–Crippen LogP) is 10.7. The molecule has 5 aromatic carbocycles. The van der Waals surface area contributed by atoms with Crippen LogP contribution in [0, 0.1) is 25.6 Å². The summed E-state index contributed by atoms with van der Waals surface area (Å²) < 4.78 is 10.7. The largest absolute Gasteiger partial charge is 2.00 e. The van der Waals surface area contributed by atoms with E-state index in [2.05, 4.69) is 106 Å². The van der Waals surface area contributed by atoms with Crippen molar-refractivity contribution in [1.82, 2.24) is 24.1 Å². The van der Waals surface area contributed by atoms with Crippen LogP contribution < -0.4 is 4.74 Å². The third kappa shape index (κ3) is 5.18. The quantitative estimate of drug-likeness (QED) is 0.131. The van der Waals surface area contributed by atoms with Crippen molar-refractivity contribution in [2.75, 3.05) is 0 Å². The van der Waals surface area contributed by atoms with E-state index in [0.29, 0.717) is 28.2 Å². The van der Waals surface area contributed by atoms with Crippen LogP contribution in [0.4, 0.5) is 5.69 Å². The summed E-state index contributed by atoms with van der Waals surface area (Å²) in [4.78, 5) is 8.76. The Kier molecular flexibility index (Phi) is 7.74. The fraction of sp³-hybridized carbons (Fsp3) is 0.116. The van der Waals surface area contributed by atoms with Gasteiger partial charge in [0.05, 0.1) is 12.2 Å². The van der Waals surface area contributed by atoms with Gasteiger partial charge in [0.2, 0.25) is 0 Å². The van der Waals surface area contributed by atoms with Crippen molar-refractivity contribution >= 4 is 54.8 Å². The van der Waals surface area contributed by atoms with Crippen LogP contribution >= 0.6 is 0 Å². The molecule has 0 saturated carbocycles. The summed E-state index contributed by atoms with van der Waals surface area (Å²) in [5.74, 6) is 2.44. The Morgan fingerprint density at radius 2 is 1.51 bits per heavy atom. The molecule has 0 radical (unpaired) electrons. The van der Waals surface area contributed by atoms with Crippen molar-refractivity contribution in [2.24, 2.45) is 0 Å². The molecule has 0 aliphatic rings. The molecule has 7 nitrogen and oxygen atoms in total. The molecule has 9 aromatic rings. The molecule has 0 aliphatic heterocycles. The molecule has 0 spiro atoms. The van der Waals surface area contributed by atoms with Gasteiger partial charge in [0.15, 0.2) is 5.82 Å². The monoisotopic (exact) mass is 841 g/mol. The van der Waals surface area contributed by atoms with E-state index >= 15 is 0 Å². The maximum Gasteiger partial charge on any atom is 2.00 e. The second-order valence-electron chi connectivity index (χ2n) is 13.6. The molecular formula is C43H30N6OPt. The van der Waals surface area contributed by atoms with Gasteiger partial charge in [-0.25, -0.2) is 4.98 Å². The Morgan fingerprint density at radius 1 is 0.765 bits per heavy atom. The number of rotatable bonds is 4. The van der Waals surface area contributed by atoms with Crippen molar-refractivity contribution in [3.63, 3.8) is 0 Å². The van der Waals surface area contributed by atoms with Gasteiger partial charge in [0, 0.05) is 34.3 Å². The normalized spacial score (nSPS) is 11.7. The van der Waals surface area contributed by atoms with Crippen LogP contribution in [0.2, 0.25) is 0 Å². The number of nitrogens with zero attached hydrogens (tertiary/aromatic N) is 6. The SMILES string of the molecule is [C-]#[N+]c1cc(Oc2[c-]c3c(cc2)c2ccccc2n3-c2cc(C(C)(C)C)ccn2)[c-]c2c1c1ccccc1n1c(-c3ccccc3C)nnc21.[Pt+2]. The molecule has 51 heavy (non-hydrogen) atoms. The first-order valence-electron chi connectivity index (χ1n) is 16.5. The first-order valence-corrected chi connectivity index (χ1v) is 16.5. The minimum Gasteiger partial charge on any atom is -0.504 e. The molecule has 0 fully saturated rings. The first kappa shape index (κ1) is 32.4. The number of aryl methyl sites for hydroxylation is 1. The third-order valence-corrected chi connectivity index (χ3v) is 9.45. The summed E-state index contributed by atoms with van der Waals surface area (Å²) in [6.45, 7) is 16.9. The van der Waals surface area contributed by atoms with Gasteiger partial charge in [-0.15, -0.1) is 28.0 Å². The second-order valence-corrected chi connectivity index (χ2v) is 13.6. The Morgan fingerprint density at radius 3 is 2.29 bits per heavy atom. The molecular weight excluding hydrogens is 812 g/mol. The van der Waals surface area contributed by atoms with Crippen LogP contribution in [0.1, 0.15) is 31.9 Å². The smallest absolute Gasteiger partial charge is 0.504 e. The van der Waals surface area contributed by atoms with Crippen LogP contribution in [-0.4, -0.2) is 24.1 Å². The van der Waals surface area contributed by atoms with Crippen LogP contribution in [-0.2, 0) is 26.5 Å². The van der Waals surface area contributed by atoms with Crippen LogP contribution in [0.3, 0.4) is 0 Å². The molecule has 4 heterocycles. The zero-order valence-electron chi connectivity index (χ0n) is 28.3. The van der Waals surface area contributed by atoms with Gasteiger partial charge in [-0.3, -0.25) is 4.85 Å². The number of aromatic nitrogens is 5. The van der Waals surface area contributed by atoms with Gasteiger partial charge in [0.25, 0.3) is 0 Å². The number of hydrogen-bond acceptors (Lipinski definition) is 4. The number of benzene rings is 5. The topological polar surface area (TPSA) is 61.6 Å². The number of fused-ring (bicyclic) bond motifs is 9. The van der Waals surface area contributed by atoms with Gasteiger partial charge >= 0.3 is 21.1 Å². The van der Waals surface area contributed by atoms with Crippen LogP contribution in [0.25, 0.3) is 71.2 Å². The zero-order chi connectivity index (χ0) is 34.1. The van der Waals surface area contributed by atoms with E-state index in [4.69, 9.17) is 16.3 Å². The molecule has 4 aromatic heterocycles. The standard InChI is InChI=1S/C43H30N6O.Pt/c1-26-12-6-7-13-30(26)41-46-47-42-34-23-29(24-35(44-5)40(34)33-15-9-11-17-37(33)49(41)42)50-28-18-19-32-31-14-8-10-16-36(31)48(38(32)25-28)39-22-27(20-21-45-39)43(2,3)4;/h6-22,24H,1-4H3;/q-2;+2. The predicted molar refractivity (Wildman–Crippen MR) is 199 cm³/mol. The number of para-hydroxylation sites is 2. The molecule has 9 rings (SSSR count). The molecule has 0 aliphatic carbocycles. The Labute approximate surface area is 309 Å². The van der Waals surface area contributed by atoms with E-state index in [1.165, 1.54) is 5.56 Å². The minimum atomic E-state index is -0.0389. The average Bonchev–Trinajstić information content (AvgIpc) is 3.71. The summed E-state index contributed by atoms with van der Waals surface area (Å²) in [5, 5.41) is 13.8. The average molecular weight is 842 g/mol. The van der Waals surface area contributed by atoms with Crippen LogP contribution in [0.15, 0.2) is 109 Å². The van der Waals surface area contributed by atoms with Gasteiger partial charge in [0.1, 0.15) is 11.5 Å². The van der Waals surface area contributed by atoms with Crippen molar-refractivity contribution in [2.45, 2.75) is 33.1 Å². The molecule has 0 unspecified atom stereocenters. The molecule has 0 bridgehead atoms. The first-order chi connectivity index (χ1) is 24.3. The maximum absolute atomic E-state index is 8.20. The van der Waals surface area contributed by atoms with Crippen molar-refractivity contribution in [1.29, 1.82) is 0 Å². The molecule has 0 N–H and O–H groups in total. The fourth-order valence-corrected chi connectivity index (χ4v) is 6.98. The van der Waals surface area contributed by atoms with E-state index in [9.17, 15) is 0 Å². The second kappa shape index (κ2) is 12.2. The van der Waals surface area contributed by atoms with E-state index in [1.54, 1.807) is 6.07 Å². The van der Waals surface area contributed by atoms with Crippen LogP contribution in [0.5, 0.6) is 11.5 Å². The van der Waals surface area contributed by atoms with Gasteiger partial charge in [-0.05, 0) is 58.5 Å². The summed E-state index contributed by atoms with van der Waals surface area (Å²) >= 11 is 0. The third-order valence-electron chi connectivity index (χ3n) is 9.45. The Hall–Kier alpha value is -5.83. The Balaban J connectivity index is 0.00000374. The molecule has 0 atom stereocenters.